The van der Waals surface area contributed by atoms with Crippen LogP contribution in [0.1, 0.15) is 26.7 Å². The molecule has 0 aromatic heterocycles. The Hall–Kier alpha value is -0.0800. The average Bonchev–Trinajstić information content (AvgIpc) is 1.67. The van der Waals surface area contributed by atoms with Crippen molar-refractivity contribution in [2.45, 2.75) is 38.8 Å². The van der Waals surface area contributed by atoms with E-state index in [9.17, 15) is 0 Å². The zero-order valence-corrected chi connectivity index (χ0v) is 5.59. The maximum Gasteiger partial charge on any atom is 0.0662 e. The van der Waals surface area contributed by atoms with Gasteiger partial charge in [0, 0.05) is 6.04 Å². The summed E-state index contributed by atoms with van der Waals surface area (Å²) in [5, 5.41) is 8.83. The molecule has 0 radical (unpaired) electrons. The third kappa shape index (κ3) is 2.99. The third-order valence-electron chi connectivity index (χ3n) is 1.24. The maximum atomic E-state index is 8.83. The number of hydrogen-bond acceptors (Lipinski definition) is 2. The van der Waals surface area contributed by atoms with Crippen molar-refractivity contribution in [3.05, 3.63) is 0 Å². The molecule has 0 aromatic carbocycles. The van der Waals surface area contributed by atoms with Crippen molar-refractivity contribution in [1.29, 1.82) is 0 Å². The molecular formula is C6H15NO. The highest BCUT2D eigenvalue weighted by molar-refractivity contribution is 4.65. The lowest BCUT2D eigenvalue weighted by atomic mass is 10.1. The molecule has 0 heterocycles. The quantitative estimate of drug-likeness (QED) is 0.565. The lowest BCUT2D eigenvalue weighted by molar-refractivity contribution is 0.159. The Morgan fingerprint density at radius 3 is 2.25 bits per heavy atom. The summed E-state index contributed by atoms with van der Waals surface area (Å²) in [6.45, 7) is 3.78. The molecule has 0 unspecified atom stereocenters. The highest BCUT2D eigenvalue weighted by atomic mass is 16.3. The van der Waals surface area contributed by atoms with E-state index in [1.54, 1.807) is 6.92 Å². The molecule has 0 saturated heterocycles. The van der Waals surface area contributed by atoms with Crippen molar-refractivity contribution in [3.63, 3.8) is 0 Å². The molecule has 0 aromatic rings. The predicted molar refractivity (Wildman–Crippen MR) is 34.6 cm³/mol. The molecule has 50 valence electrons. The van der Waals surface area contributed by atoms with E-state index in [1.807, 2.05) is 0 Å². The van der Waals surface area contributed by atoms with Crippen molar-refractivity contribution in [2.24, 2.45) is 5.73 Å². The largest absolute Gasteiger partial charge is 0.392 e. The number of rotatable bonds is 3. The van der Waals surface area contributed by atoms with Crippen LogP contribution in [0.2, 0.25) is 0 Å². The molecule has 0 spiro atoms. The monoisotopic (exact) mass is 117 g/mol. The van der Waals surface area contributed by atoms with Crippen molar-refractivity contribution in [1.82, 2.24) is 0 Å². The van der Waals surface area contributed by atoms with Gasteiger partial charge in [-0.25, -0.2) is 0 Å². The fourth-order valence-electron chi connectivity index (χ4n) is 0.575. The second-order valence-electron chi connectivity index (χ2n) is 2.19. The van der Waals surface area contributed by atoms with Crippen molar-refractivity contribution >= 4 is 0 Å². The molecule has 0 fully saturated rings. The van der Waals surface area contributed by atoms with Crippen LogP contribution in [-0.2, 0) is 0 Å². The van der Waals surface area contributed by atoms with Crippen LogP contribution >= 0.6 is 0 Å². The molecule has 2 nitrogen and oxygen atoms in total. The van der Waals surface area contributed by atoms with Gasteiger partial charge in [0.2, 0.25) is 0 Å². The Kier molecular flexibility index (Phi) is 3.83. The van der Waals surface area contributed by atoms with Crippen LogP contribution < -0.4 is 5.73 Å². The van der Waals surface area contributed by atoms with Crippen molar-refractivity contribution < 1.29 is 5.11 Å². The van der Waals surface area contributed by atoms with Gasteiger partial charge in [0.1, 0.15) is 0 Å². The Morgan fingerprint density at radius 2 is 2.12 bits per heavy atom. The number of nitrogens with two attached hydrogens (primary N) is 1. The Morgan fingerprint density at radius 1 is 1.62 bits per heavy atom. The van der Waals surface area contributed by atoms with Gasteiger partial charge >= 0.3 is 0 Å². The van der Waals surface area contributed by atoms with E-state index in [0.29, 0.717) is 0 Å². The summed E-state index contributed by atoms with van der Waals surface area (Å²) in [4.78, 5) is 0. The van der Waals surface area contributed by atoms with Gasteiger partial charge in [-0.15, -0.1) is 0 Å². The van der Waals surface area contributed by atoms with Crippen molar-refractivity contribution in [3.8, 4) is 0 Å². The SMILES string of the molecule is CCC[C@H](N)[C@@H](C)O. The minimum absolute atomic E-state index is 0.0278. The van der Waals surface area contributed by atoms with Crippen LogP contribution in [0, 0.1) is 0 Å². The molecule has 8 heavy (non-hydrogen) atoms. The number of aliphatic hydroxyl groups excluding tert-OH is 1. The molecule has 2 atom stereocenters. The number of aliphatic hydroxyl groups is 1. The average molecular weight is 117 g/mol. The normalized spacial score (nSPS) is 18.0. The maximum absolute atomic E-state index is 8.83. The van der Waals surface area contributed by atoms with E-state index in [1.165, 1.54) is 0 Å². The fraction of sp³-hybridized carbons (Fsp3) is 1.00. The van der Waals surface area contributed by atoms with Crippen LogP contribution in [-0.4, -0.2) is 17.3 Å². The van der Waals surface area contributed by atoms with Gasteiger partial charge in [0.05, 0.1) is 6.10 Å². The first kappa shape index (κ1) is 7.92. The van der Waals surface area contributed by atoms with Gasteiger partial charge in [-0.2, -0.15) is 0 Å². The Bertz CT molecular complexity index is 54.5. The topological polar surface area (TPSA) is 46.2 Å². The van der Waals surface area contributed by atoms with Gasteiger partial charge in [-0.1, -0.05) is 13.3 Å². The van der Waals surface area contributed by atoms with E-state index in [0.717, 1.165) is 12.8 Å². The van der Waals surface area contributed by atoms with E-state index < -0.39 is 0 Å². The standard InChI is InChI=1S/C6H15NO/c1-3-4-6(7)5(2)8/h5-6,8H,3-4,7H2,1-2H3/t5-,6+/m1/s1. The first-order valence-corrected chi connectivity index (χ1v) is 3.12. The summed E-state index contributed by atoms with van der Waals surface area (Å²) in [7, 11) is 0. The number of hydrogen-bond donors (Lipinski definition) is 2. The Labute approximate surface area is 50.7 Å². The van der Waals surface area contributed by atoms with Gasteiger partial charge in [-0.3, -0.25) is 0 Å². The molecule has 0 aliphatic carbocycles. The van der Waals surface area contributed by atoms with Crippen LogP contribution in [0.25, 0.3) is 0 Å². The molecular weight excluding hydrogens is 102 g/mol. The molecule has 0 aliphatic heterocycles. The molecule has 0 rings (SSSR count). The second kappa shape index (κ2) is 3.87. The second-order valence-corrected chi connectivity index (χ2v) is 2.19. The third-order valence-corrected chi connectivity index (χ3v) is 1.24. The summed E-state index contributed by atoms with van der Waals surface area (Å²) >= 11 is 0. The van der Waals surface area contributed by atoms with Crippen LogP contribution in [0.15, 0.2) is 0 Å². The predicted octanol–water partition coefficient (Wildman–Crippen LogP) is 0.495. The zero-order chi connectivity index (χ0) is 6.57. The van der Waals surface area contributed by atoms with Gasteiger partial charge < -0.3 is 10.8 Å². The van der Waals surface area contributed by atoms with Gasteiger partial charge in [0.15, 0.2) is 0 Å². The van der Waals surface area contributed by atoms with Gasteiger partial charge in [0.25, 0.3) is 0 Å². The molecule has 0 aliphatic rings. The van der Waals surface area contributed by atoms with Crippen molar-refractivity contribution in [2.75, 3.05) is 0 Å². The highest BCUT2D eigenvalue weighted by Gasteiger charge is 2.05. The van der Waals surface area contributed by atoms with E-state index in [-0.39, 0.29) is 12.1 Å². The molecule has 0 saturated carbocycles. The lowest BCUT2D eigenvalue weighted by Gasteiger charge is -2.11. The molecule has 0 bridgehead atoms. The summed E-state index contributed by atoms with van der Waals surface area (Å²) in [5.41, 5.74) is 5.48. The van der Waals surface area contributed by atoms with E-state index in [4.69, 9.17) is 10.8 Å². The first-order valence-electron chi connectivity index (χ1n) is 3.12. The molecule has 2 heteroatoms. The Balaban J connectivity index is 3.17. The smallest absolute Gasteiger partial charge is 0.0662 e. The summed E-state index contributed by atoms with van der Waals surface area (Å²) in [6, 6.07) is -0.0278. The van der Waals surface area contributed by atoms with Crippen LogP contribution in [0.5, 0.6) is 0 Å². The first-order chi connectivity index (χ1) is 3.68. The zero-order valence-electron chi connectivity index (χ0n) is 5.59. The fourth-order valence-corrected chi connectivity index (χ4v) is 0.575. The van der Waals surface area contributed by atoms with Gasteiger partial charge in [-0.05, 0) is 13.3 Å². The summed E-state index contributed by atoms with van der Waals surface area (Å²) in [5.74, 6) is 0. The van der Waals surface area contributed by atoms with Crippen LogP contribution in [0.4, 0.5) is 0 Å². The van der Waals surface area contributed by atoms with Crippen LogP contribution in [0.3, 0.4) is 0 Å². The summed E-state index contributed by atoms with van der Waals surface area (Å²) in [6.07, 6.45) is 1.61. The minimum atomic E-state index is -0.352. The molecule has 0 amide bonds. The van der Waals surface area contributed by atoms with E-state index >= 15 is 0 Å². The lowest BCUT2D eigenvalue weighted by Crippen LogP contribution is -2.31. The molecule has 3 N–H and O–H groups in total. The summed E-state index contributed by atoms with van der Waals surface area (Å²) < 4.78 is 0. The van der Waals surface area contributed by atoms with E-state index in [2.05, 4.69) is 6.92 Å². The highest BCUT2D eigenvalue weighted by Crippen LogP contribution is 1.96. The minimum Gasteiger partial charge on any atom is -0.392 e.